The normalized spacial score (nSPS) is 12.4. The highest BCUT2D eigenvalue weighted by Crippen LogP contribution is 2.22. The summed E-state index contributed by atoms with van der Waals surface area (Å²) in [6.07, 6.45) is 0.167. The van der Waals surface area contributed by atoms with Crippen LogP contribution < -0.4 is 10.1 Å². The lowest BCUT2D eigenvalue weighted by Crippen LogP contribution is -2.25. The zero-order valence-corrected chi connectivity index (χ0v) is 9.99. The lowest BCUT2D eigenvalue weighted by molar-refractivity contribution is 0.117. The van der Waals surface area contributed by atoms with E-state index in [0.29, 0.717) is 12.3 Å². The number of aromatic hydroxyl groups is 1. The molecule has 0 aliphatic rings. The van der Waals surface area contributed by atoms with Crippen molar-refractivity contribution in [2.45, 2.75) is 19.6 Å². The maximum Gasteiger partial charge on any atom is 0.123 e. The number of phenolic OH excluding ortho intramolecular Hbond substituents is 1. The fourth-order valence-corrected chi connectivity index (χ4v) is 1.31. The van der Waals surface area contributed by atoms with Crippen molar-refractivity contribution in [2.24, 2.45) is 0 Å². The van der Waals surface area contributed by atoms with E-state index < -0.39 is 0 Å². The predicted octanol–water partition coefficient (Wildman–Crippen LogP) is 1.53. The molecule has 0 fully saturated rings. The van der Waals surface area contributed by atoms with Crippen LogP contribution in [0.4, 0.5) is 0 Å². The highest BCUT2D eigenvalue weighted by atomic mass is 16.5. The minimum absolute atomic E-state index is 0.167. The molecular formula is C12H19NO3. The van der Waals surface area contributed by atoms with E-state index in [4.69, 9.17) is 9.47 Å². The van der Waals surface area contributed by atoms with E-state index in [1.165, 1.54) is 0 Å². The van der Waals surface area contributed by atoms with Crippen LogP contribution in [0, 0.1) is 0 Å². The SMILES string of the molecule is COc1ccc(CNCC(C)OC)c(O)c1. The number of methoxy groups -OCH3 is 2. The Morgan fingerprint density at radius 3 is 2.69 bits per heavy atom. The van der Waals surface area contributed by atoms with Gasteiger partial charge < -0.3 is 19.9 Å². The van der Waals surface area contributed by atoms with Crippen LogP contribution in [0.1, 0.15) is 12.5 Å². The van der Waals surface area contributed by atoms with Gasteiger partial charge in [-0.15, -0.1) is 0 Å². The number of benzene rings is 1. The second kappa shape index (κ2) is 6.35. The lowest BCUT2D eigenvalue weighted by Gasteiger charge is -2.11. The number of phenols is 1. The average molecular weight is 225 g/mol. The Hall–Kier alpha value is -1.26. The Kier molecular flexibility index (Phi) is 5.08. The smallest absolute Gasteiger partial charge is 0.123 e. The van der Waals surface area contributed by atoms with Gasteiger partial charge in [-0.2, -0.15) is 0 Å². The second-order valence-electron chi connectivity index (χ2n) is 3.67. The highest BCUT2D eigenvalue weighted by molar-refractivity contribution is 5.39. The first-order chi connectivity index (χ1) is 7.67. The summed E-state index contributed by atoms with van der Waals surface area (Å²) in [6.45, 7) is 3.35. The molecule has 16 heavy (non-hydrogen) atoms. The maximum atomic E-state index is 9.69. The van der Waals surface area contributed by atoms with Crippen LogP contribution in [0.25, 0.3) is 0 Å². The molecule has 0 radical (unpaired) electrons. The molecule has 1 aromatic carbocycles. The zero-order valence-electron chi connectivity index (χ0n) is 9.99. The minimum Gasteiger partial charge on any atom is -0.507 e. The van der Waals surface area contributed by atoms with Crippen molar-refractivity contribution < 1.29 is 14.6 Å². The Morgan fingerprint density at radius 1 is 1.38 bits per heavy atom. The Labute approximate surface area is 96.2 Å². The van der Waals surface area contributed by atoms with Crippen molar-refractivity contribution in [2.75, 3.05) is 20.8 Å². The molecule has 1 atom stereocenters. The fourth-order valence-electron chi connectivity index (χ4n) is 1.31. The number of rotatable bonds is 6. The third-order valence-electron chi connectivity index (χ3n) is 2.44. The molecule has 90 valence electrons. The standard InChI is InChI=1S/C12H19NO3/c1-9(15-2)7-13-8-10-4-5-11(16-3)6-12(10)14/h4-6,9,13-14H,7-8H2,1-3H3. The van der Waals surface area contributed by atoms with E-state index in [-0.39, 0.29) is 11.9 Å². The quantitative estimate of drug-likeness (QED) is 0.770. The molecule has 0 spiro atoms. The van der Waals surface area contributed by atoms with E-state index in [0.717, 1.165) is 12.1 Å². The minimum atomic E-state index is 0.167. The van der Waals surface area contributed by atoms with Gasteiger partial charge in [0, 0.05) is 31.8 Å². The molecule has 0 aliphatic carbocycles. The second-order valence-corrected chi connectivity index (χ2v) is 3.67. The van der Waals surface area contributed by atoms with Gasteiger partial charge in [0.2, 0.25) is 0 Å². The molecule has 0 saturated heterocycles. The number of nitrogens with one attached hydrogen (secondary N) is 1. The van der Waals surface area contributed by atoms with Crippen molar-refractivity contribution in [1.29, 1.82) is 0 Å². The van der Waals surface area contributed by atoms with Crippen molar-refractivity contribution in [3.8, 4) is 11.5 Å². The van der Waals surface area contributed by atoms with Gasteiger partial charge >= 0.3 is 0 Å². The zero-order chi connectivity index (χ0) is 12.0. The van der Waals surface area contributed by atoms with Gasteiger partial charge in [-0.25, -0.2) is 0 Å². The summed E-state index contributed by atoms with van der Waals surface area (Å²) >= 11 is 0. The van der Waals surface area contributed by atoms with Crippen LogP contribution in [-0.2, 0) is 11.3 Å². The average Bonchev–Trinajstić information content (AvgIpc) is 2.30. The Morgan fingerprint density at radius 2 is 2.12 bits per heavy atom. The van der Waals surface area contributed by atoms with Gasteiger partial charge in [-0.05, 0) is 13.0 Å². The number of hydrogen-bond donors (Lipinski definition) is 2. The van der Waals surface area contributed by atoms with Crippen LogP contribution in [-0.4, -0.2) is 32.0 Å². The molecule has 1 unspecified atom stereocenters. The summed E-state index contributed by atoms with van der Waals surface area (Å²) in [7, 11) is 3.25. The van der Waals surface area contributed by atoms with E-state index in [9.17, 15) is 5.11 Å². The van der Waals surface area contributed by atoms with E-state index in [1.54, 1.807) is 20.3 Å². The summed E-state index contributed by atoms with van der Waals surface area (Å²) < 4.78 is 10.1. The van der Waals surface area contributed by atoms with Crippen molar-refractivity contribution in [3.05, 3.63) is 23.8 Å². The molecular weight excluding hydrogens is 206 g/mol. The van der Waals surface area contributed by atoms with Crippen LogP contribution >= 0.6 is 0 Å². The topological polar surface area (TPSA) is 50.7 Å². The van der Waals surface area contributed by atoms with Crippen molar-refractivity contribution >= 4 is 0 Å². The monoisotopic (exact) mass is 225 g/mol. The predicted molar refractivity (Wildman–Crippen MR) is 62.8 cm³/mol. The van der Waals surface area contributed by atoms with Gasteiger partial charge in [0.1, 0.15) is 11.5 Å². The molecule has 1 rings (SSSR count). The van der Waals surface area contributed by atoms with Gasteiger partial charge in [0.05, 0.1) is 13.2 Å². The molecule has 4 heteroatoms. The fraction of sp³-hybridized carbons (Fsp3) is 0.500. The third-order valence-corrected chi connectivity index (χ3v) is 2.44. The molecule has 0 aromatic heterocycles. The van der Waals surface area contributed by atoms with E-state index >= 15 is 0 Å². The molecule has 0 heterocycles. The molecule has 0 amide bonds. The first-order valence-electron chi connectivity index (χ1n) is 5.26. The summed E-state index contributed by atoms with van der Waals surface area (Å²) in [5.74, 6) is 0.906. The van der Waals surface area contributed by atoms with Gasteiger partial charge in [-0.3, -0.25) is 0 Å². The first kappa shape index (κ1) is 12.8. The number of ether oxygens (including phenoxy) is 2. The van der Waals surface area contributed by atoms with Gasteiger partial charge in [-0.1, -0.05) is 6.07 Å². The van der Waals surface area contributed by atoms with E-state index in [1.807, 2.05) is 19.1 Å². The Balaban J connectivity index is 2.48. The molecule has 0 bridgehead atoms. The summed E-state index contributed by atoms with van der Waals surface area (Å²) in [6, 6.07) is 5.28. The molecule has 4 nitrogen and oxygen atoms in total. The number of hydrogen-bond acceptors (Lipinski definition) is 4. The largest absolute Gasteiger partial charge is 0.507 e. The van der Waals surface area contributed by atoms with Crippen molar-refractivity contribution in [1.82, 2.24) is 5.32 Å². The molecule has 2 N–H and O–H groups in total. The van der Waals surface area contributed by atoms with Crippen LogP contribution in [0.3, 0.4) is 0 Å². The molecule has 1 aromatic rings. The van der Waals surface area contributed by atoms with Gasteiger partial charge in [0.15, 0.2) is 0 Å². The molecule has 0 saturated carbocycles. The highest BCUT2D eigenvalue weighted by Gasteiger charge is 2.04. The maximum absolute atomic E-state index is 9.69. The van der Waals surface area contributed by atoms with Crippen LogP contribution in [0.2, 0.25) is 0 Å². The van der Waals surface area contributed by atoms with Crippen LogP contribution in [0.5, 0.6) is 11.5 Å². The summed E-state index contributed by atoms with van der Waals surface area (Å²) in [5.41, 5.74) is 0.851. The summed E-state index contributed by atoms with van der Waals surface area (Å²) in [4.78, 5) is 0. The molecule has 0 aliphatic heterocycles. The van der Waals surface area contributed by atoms with Crippen LogP contribution in [0.15, 0.2) is 18.2 Å². The summed E-state index contributed by atoms with van der Waals surface area (Å²) in [5, 5.41) is 12.9. The van der Waals surface area contributed by atoms with Crippen molar-refractivity contribution in [3.63, 3.8) is 0 Å². The lowest BCUT2D eigenvalue weighted by atomic mass is 10.2. The van der Waals surface area contributed by atoms with Gasteiger partial charge in [0.25, 0.3) is 0 Å². The Bertz CT molecular complexity index is 328. The third kappa shape index (κ3) is 3.72. The van der Waals surface area contributed by atoms with E-state index in [2.05, 4.69) is 5.32 Å². The first-order valence-corrected chi connectivity index (χ1v) is 5.26.